The summed E-state index contributed by atoms with van der Waals surface area (Å²) in [5, 5.41) is 9.95. The lowest BCUT2D eigenvalue weighted by Gasteiger charge is -2.14. The average molecular weight is 363 g/mol. The maximum atomic E-state index is 12.2. The van der Waals surface area contributed by atoms with E-state index in [2.05, 4.69) is 25.7 Å². The fourth-order valence-corrected chi connectivity index (χ4v) is 3.34. The molecule has 0 radical (unpaired) electrons. The highest BCUT2D eigenvalue weighted by atomic mass is 16.5. The number of anilines is 1. The molecule has 1 saturated heterocycles. The molecule has 2 heterocycles. The minimum atomic E-state index is -0.212. The molecule has 2 unspecified atom stereocenters. The van der Waals surface area contributed by atoms with Crippen molar-refractivity contribution in [2.24, 2.45) is 0 Å². The number of rotatable bonds is 4. The van der Waals surface area contributed by atoms with Crippen LogP contribution in [-0.4, -0.2) is 40.7 Å². The molecule has 0 spiro atoms. The van der Waals surface area contributed by atoms with Gasteiger partial charge < -0.3 is 15.2 Å². The van der Waals surface area contributed by atoms with Crippen LogP contribution in [0.5, 0.6) is 0 Å². The van der Waals surface area contributed by atoms with E-state index in [0.29, 0.717) is 11.7 Å². The van der Waals surface area contributed by atoms with Crippen molar-refractivity contribution in [1.29, 1.82) is 0 Å². The third-order valence-electron chi connectivity index (χ3n) is 4.67. The molecule has 0 aliphatic carbocycles. The highest BCUT2D eigenvalue weighted by Gasteiger charge is 2.35. The lowest BCUT2D eigenvalue weighted by Crippen LogP contribution is -2.39. The number of carbonyl (C=O) groups is 1. The zero-order valence-corrected chi connectivity index (χ0v) is 15.0. The molecule has 2 N–H and O–H groups in total. The monoisotopic (exact) mass is 363 g/mol. The van der Waals surface area contributed by atoms with Crippen molar-refractivity contribution < 1.29 is 9.32 Å². The normalized spacial score (nSPS) is 19.7. The maximum absolute atomic E-state index is 12.2. The Labute approximate surface area is 157 Å². The van der Waals surface area contributed by atoms with E-state index in [1.54, 1.807) is 0 Å². The van der Waals surface area contributed by atoms with Crippen molar-refractivity contribution in [2.75, 3.05) is 18.9 Å². The van der Waals surface area contributed by atoms with E-state index in [-0.39, 0.29) is 18.1 Å². The number of likely N-dealkylation sites (tertiary alicyclic amines) is 1. The highest BCUT2D eigenvalue weighted by molar-refractivity contribution is 5.89. The molecule has 1 aliphatic rings. The number of hydrogen-bond donors (Lipinski definition) is 2. The molecule has 1 aromatic heterocycles. The number of aromatic nitrogens is 2. The Bertz CT molecular complexity index is 897. The topological polar surface area (TPSA) is 83.3 Å². The Hall–Kier alpha value is -3.19. The summed E-state index contributed by atoms with van der Waals surface area (Å²) in [5.41, 5.74) is 1.69. The van der Waals surface area contributed by atoms with Gasteiger partial charge in [-0.15, -0.1) is 0 Å². The van der Waals surface area contributed by atoms with Crippen LogP contribution in [0.1, 0.15) is 18.4 Å². The summed E-state index contributed by atoms with van der Waals surface area (Å²) >= 11 is 0. The Kier molecular flexibility index (Phi) is 4.84. The SMILES string of the molecule is CN1CC(NC(=O)Nc2ccccc2)CC1c1nc(-c2ccccc2)no1. The van der Waals surface area contributed by atoms with Gasteiger partial charge >= 0.3 is 6.03 Å². The van der Waals surface area contributed by atoms with Crippen LogP contribution in [0.15, 0.2) is 65.2 Å². The van der Waals surface area contributed by atoms with Crippen molar-refractivity contribution in [3.05, 3.63) is 66.6 Å². The molecular weight excluding hydrogens is 342 g/mol. The van der Waals surface area contributed by atoms with Crippen LogP contribution in [0.2, 0.25) is 0 Å². The summed E-state index contributed by atoms with van der Waals surface area (Å²) in [6.07, 6.45) is 0.717. The third-order valence-corrected chi connectivity index (χ3v) is 4.67. The lowest BCUT2D eigenvalue weighted by molar-refractivity contribution is 0.243. The molecule has 2 atom stereocenters. The van der Waals surface area contributed by atoms with Crippen LogP contribution in [0.25, 0.3) is 11.4 Å². The molecule has 138 valence electrons. The van der Waals surface area contributed by atoms with Gasteiger partial charge in [-0.3, -0.25) is 4.90 Å². The van der Waals surface area contributed by atoms with E-state index in [0.717, 1.165) is 24.2 Å². The van der Waals surface area contributed by atoms with Gasteiger partial charge in [0.25, 0.3) is 0 Å². The molecule has 27 heavy (non-hydrogen) atoms. The van der Waals surface area contributed by atoms with Crippen LogP contribution in [-0.2, 0) is 0 Å². The van der Waals surface area contributed by atoms with Gasteiger partial charge in [0.05, 0.1) is 6.04 Å². The maximum Gasteiger partial charge on any atom is 0.319 e. The van der Waals surface area contributed by atoms with Gasteiger partial charge in [0.1, 0.15) is 0 Å². The predicted molar refractivity (Wildman–Crippen MR) is 102 cm³/mol. The van der Waals surface area contributed by atoms with E-state index in [9.17, 15) is 4.79 Å². The fourth-order valence-electron chi connectivity index (χ4n) is 3.34. The number of nitrogens with one attached hydrogen (secondary N) is 2. The minimum Gasteiger partial charge on any atom is -0.337 e. The number of likely N-dealkylation sites (N-methyl/N-ethyl adjacent to an activating group) is 1. The summed E-state index contributed by atoms with van der Waals surface area (Å²) in [7, 11) is 1.99. The lowest BCUT2D eigenvalue weighted by atomic mass is 10.1. The van der Waals surface area contributed by atoms with E-state index >= 15 is 0 Å². The van der Waals surface area contributed by atoms with Crippen molar-refractivity contribution >= 4 is 11.7 Å². The second kappa shape index (κ2) is 7.59. The van der Waals surface area contributed by atoms with Gasteiger partial charge in [0.2, 0.25) is 11.7 Å². The van der Waals surface area contributed by atoms with E-state index in [4.69, 9.17) is 4.52 Å². The quantitative estimate of drug-likeness (QED) is 0.743. The Morgan fingerprint density at radius 1 is 1.11 bits per heavy atom. The summed E-state index contributed by atoms with van der Waals surface area (Å²) in [6.45, 7) is 0.718. The average Bonchev–Trinajstić information content (AvgIpc) is 3.30. The second-order valence-electron chi connectivity index (χ2n) is 6.67. The zero-order chi connectivity index (χ0) is 18.6. The van der Waals surface area contributed by atoms with Gasteiger partial charge in [-0.25, -0.2) is 4.79 Å². The number of nitrogens with zero attached hydrogens (tertiary/aromatic N) is 3. The van der Waals surface area contributed by atoms with Gasteiger partial charge in [0.15, 0.2) is 0 Å². The first-order chi connectivity index (χ1) is 13.2. The van der Waals surface area contributed by atoms with Crippen LogP contribution < -0.4 is 10.6 Å². The Balaban J connectivity index is 1.38. The first kappa shape index (κ1) is 17.2. The van der Waals surface area contributed by atoms with E-state index in [1.807, 2.05) is 67.7 Å². The van der Waals surface area contributed by atoms with Crippen molar-refractivity contribution in [3.63, 3.8) is 0 Å². The second-order valence-corrected chi connectivity index (χ2v) is 6.67. The van der Waals surface area contributed by atoms with Crippen LogP contribution in [0.4, 0.5) is 10.5 Å². The molecule has 7 heteroatoms. The van der Waals surface area contributed by atoms with Crippen LogP contribution in [0, 0.1) is 0 Å². The van der Waals surface area contributed by atoms with Crippen molar-refractivity contribution in [2.45, 2.75) is 18.5 Å². The van der Waals surface area contributed by atoms with Crippen molar-refractivity contribution in [3.8, 4) is 11.4 Å². The number of amides is 2. The Morgan fingerprint density at radius 3 is 2.56 bits per heavy atom. The molecule has 1 aliphatic heterocycles. The van der Waals surface area contributed by atoms with Gasteiger partial charge in [0, 0.05) is 23.8 Å². The molecule has 2 aromatic carbocycles. The number of urea groups is 1. The summed E-state index contributed by atoms with van der Waals surface area (Å²) in [4.78, 5) is 18.9. The molecule has 3 aromatic rings. The van der Waals surface area contributed by atoms with Gasteiger partial charge in [-0.2, -0.15) is 4.98 Å². The smallest absolute Gasteiger partial charge is 0.319 e. The zero-order valence-electron chi connectivity index (χ0n) is 15.0. The molecule has 1 fully saturated rings. The fraction of sp³-hybridized carbons (Fsp3) is 0.250. The molecule has 4 rings (SSSR count). The van der Waals surface area contributed by atoms with Crippen molar-refractivity contribution in [1.82, 2.24) is 20.4 Å². The van der Waals surface area contributed by atoms with Crippen LogP contribution >= 0.6 is 0 Å². The van der Waals surface area contributed by atoms with Gasteiger partial charge in [-0.1, -0.05) is 53.7 Å². The molecule has 0 saturated carbocycles. The predicted octanol–water partition coefficient (Wildman–Crippen LogP) is 3.30. The van der Waals surface area contributed by atoms with Crippen LogP contribution in [0.3, 0.4) is 0 Å². The number of hydrogen-bond acceptors (Lipinski definition) is 5. The summed E-state index contributed by atoms with van der Waals surface area (Å²) < 4.78 is 5.49. The summed E-state index contributed by atoms with van der Waals surface area (Å²) in [5.74, 6) is 1.15. The molecule has 7 nitrogen and oxygen atoms in total. The molecule has 2 amide bonds. The molecule has 0 bridgehead atoms. The Morgan fingerprint density at radius 2 is 1.81 bits per heavy atom. The minimum absolute atomic E-state index is 0.00999. The first-order valence-electron chi connectivity index (χ1n) is 8.91. The third kappa shape index (κ3) is 3.98. The van der Waals surface area contributed by atoms with Gasteiger partial charge in [-0.05, 0) is 25.6 Å². The van der Waals surface area contributed by atoms with E-state index in [1.165, 1.54) is 0 Å². The molecular formula is C20H21N5O2. The highest BCUT2D eigenvalue weighted by Crippen LogP contribution is 2.30. The number of carbonyl (C=O) groups excluding carboxylic acids is 1. The largest absolute Gasteiger partial charge is 0.337 e. The first-order valence-corrected chi connectivity index (χ1v) is 8.91. The number of para-hydroxylation sites is 1. The van der Waals surface area contributed by atoms with E-state index < -0.39 is 0 Å². The standard InChI is InChI=1S/C20H21N5O2/c1-25-13-16(22-20(26)21-15-10-6-3-7-11-15)12-17(25)19-23-18(24-27-19)14-8-4-2-5-9-14/h2-11,16-17H,12-13H2,1H3,(H2,21,22,26). The number of benzene rings is 2. The summed E-state index contributed by atoms with van der Waals surface area (Å²) in [6, 6.07) is 18.9.